The zero-order valence-electron chi connectivity index (χ0n) is 7.74. The van der Waals surface area contributed by atoms with Crippen LogP contribution in [0.1, 0.15) is 0 Å². The minimum atomic E-state index is -0.281. The Balaban J connectivity index is 2.34. The first kappa shape index (κ1) is 12.4. The summed E-state index contributed by atoms with van der Waals surface area (Å²) < 4.78 is 5.55. The second kappa shape index (κ2) is 6.71. The fraction of sp³-hybridized carbons (Fsp3) is 0.375. The summed E-state index contributed by atoms with van der Waals surface area (Å²) >= 11 is 8.52. The number of carbonyl (C=O) groups is 1. The van der Waals surface area contributed by atoms with Crippen molar-refractivity contribution in [1.82, 2.24) is 10.2 Å². The molecule has 1 amide bonds. The first-order valence-corrected chi connectivity index (χ1v) is 5.48. The maximum absolute atomic E-state index is 11.2. The normalized spacial score (nSPS) is 10.0. The van der Waals surface area contributed by atoms with Gasteiger partial charge in [-0.15, -0.1) is 21.8 Å². The van der Waals surface area contributed by atoms with Gasteiger partial charge in [-0.3, -0.25) is 4.79 Å². The molecule has 0 radical (unpaired) electrons. The average Bonchev–Trinajstić information content (AvgIpc) is 2.22. The number of halogens is 2. The number of aromatic nitrogens is 2. The molecule has 1 heterocycles. The third kappa shape index (κ3) is 5.06. The van der Waals surface area contributed by atoms with Crippen LogP contribution < -0.4 is 5.32 Å². The van der Waals surface area contributed by atoms with E-state index in [1.54, 1.807) is 12.1 Å². The Labute approximate surface area is 100 Å². The lowest BCUT2D eigenvalue weighted by atomic mass is 10.5. The zero-order valence-corrected chi connectivity index (χ0v) is 10.1. The number of nitrogens with zero attached hydrogens (tertiary/aromatic N) is 2. The monoisotopic (exact) mass is 293 g/mol. The van der Waals surface area contributed by atoms with Crippen molar-refractivity contribution in [3.8, 4) is 0 Å². The van der Waals surface area contributed by atoms with E-state index < -0.39 is 0 Å². The predicted octanol–water partition coefficient (Wildman–Crippen LogP) is 1.43. The molecule has 0 unspecified atom stereocenters. The summed E-state index contributed by atoms with van der Waals surface area (Å²) in [4.78, 5) is 11.2. The number of hydrogen-bond donors (Lipinski definition) is 1. The summed E-state index contributed by atoms with van der Waals surface area (Å²) in [6.07, 6.45) is 0. The van der Waals surface area contributed by atoms with Gasteiger partial charge in [0.2, 0.25) is 0 Å². The van der Waals surface area contributed by atoms with Crippen molar-refractivity contribution in [2.45, 2.75) is 0 Å². The van der Waals surface area contributed by atoms with Crippen LogP contribution in [-0.4, -0.2) is 35.2 Å². The van der Waals surface area contributed by atoms with Gasteiger partial charge in [0.25, 0.3) is 5.91 Å². The van der Waals surface area contributed by atoms with Crippen molar-refractivity contribution >= 4 is 39.3 Å². The molecule has 1 aromatic heterocycles. The van der Waals surface area contributed by atoms with E-state index in [0.717, 1.165) is 0 Å². The van der Waals surface area contributed by atoms with E-state index >= 15 is 0 Å². The summed E-state index contributed by atoms with van der Waals surface area (Å²) in [7, 11) is 0. The van der Waals surface area contributed by atoms with Crippen LogP contribution in [0.5, 0.6) is 0 Å². The van der Waals surface area contributed by atoms with Crippen LogP contribution in [0.3, 0.4) is 0 Å². The fourth-order valence-electron chi connectivity index (χ4n) is 0.781. The molecule has 1 N–H and O–H groups in total. The van der Waals surface area contributed by atoms with Crippen LogP contribution >= 0.6 is 27.5 Å². The fourth-order valence-corrected chi connectivity index (χ4v) is 1.10. The summed E-state index contributed by atoms with van der Waals surface area (Å²) in [5, 5.41) is 9.98. The van der Waals surface area contributed by atoms with E-state index in [0.29, 0.717) is 22.9 Å². The van der Waals surface area contributed by atoms with Gasteiger partial charge in [-0.2, -0.15) is 0 Å². The van der Waals surface area contributed by atoms with Gasteiger partial charge in [0.1, 0.15) is 11.2 Å². The standard InChI is InChI=1S/C8H9BrClN3O2/c9-6-1-2-7(13-12-6)11-8(14)5-15-4-3-10/h1-2H,3-5H2,(H,11,13,14). The number of carbonyl (C=O) groups excluding carboxylic acids is 1. The molecule has 0 aliphatic carbocycles. The molecule has 7 heteroatoms. The lowest BCUT2D eigenvalue weighted by molar-refractivity contribution is -0.120. The summed E-state index contributed by atoms with van der Waals surface area (Å²) in [6.45, 7) is 0.311. The molecule has 0 aliphatic heterocycles. The minimum absolute atomic E-state index is 0.0372. The van der Waals surface area contributed by atoms with Gasteiger partial charge in [0.15, 0.2) is 5.82 Å². The Morgan fingerprint density at radius 1 is 1.53 bits per heavy atom. The molecular formula is C8H9BrClN3O2. The van der Waals surface area contributed by atoms with E-state index in [1.165, 1.54) is 0 Å². The van der Waals surface area contributed by atoms with Gasteiger partial charge in [-0.1, -0.05) is 0 Å². The van der Waals surface area contributed by atoms with Crippen molar-refractivity contribution in [3.05, 3.63) is 16.7 Å². The maximum atomic E-state index is 11.2. The first-order valence-electron chi connectivity index (χ1n) is 4.15. The molecule has 0 saturated carbocycles. The molecule has 0 fully saturated rings. The van der Waals surface area contributed by atoms with Crippen molar-refractivity contribution < 1.29 is 9.53 Å². The third-order valence-electron chi connectivity index (χ3n) is 1.35. The van der Waals surface area contributed by atoms with E-state index in [-0.39, 0.29) is 12.5 Å². The Morgan fingerprint density at radius 2 is 2.33 bits per heavy atom. The molecule has 0 spiro atoms. The lowest BCUT2D eigenvalue weighted by Crippen LogP contribution is -2.19. The van der Waals surface area contributed by atoms with E-state index in [4.69, 9.17) is 16.3 Å². The van der Waals surface area contributed by atoms with Crippen LogP contribution in [0.4, 0.5) is 5.82 Å². The molecule has 1 rings (SSSR count). The smallest absolute Gasteiger partial charge is 0.251 e. The van der Waals surface area contributed by atoms with Gasteiger partial charge in [0, 0.05) is 5.88 Å². The molecule has 0 aromatic carbocycles. The summed E-state index contributed by atoms with van der Waals surface area (Å²) in [6, 6.07) is 3.32. The van der Waals surface area contributed by atoms with E-state index in [9.17, 15) is 4.79 Å². The molecule has 0 atom stereocenters. The highest BCUT2D eigenvalue weighted by Gasteiger charge is 2.03. The van der Waals surface area contributed by atoms with Crippen LogP contribution in [0.2, 0.25) is 0 Å². The summed E-state index contributed by atoms with van der Waals surface area (Å²) in [5.41, 5.74) is 0. The Hall–Kier alpha value is -0.720. The highest BCUT2D eigenvalue weighted by atomic mass is 79.9. The minimum Gasteiger partial charge on any atom is -0.370 e. The van der Waals surface area contributed by atoms with Gasteiger partial charge in [-0.05, 0) is 28.1 Å². The Bertz CT molecular complexity index is 320. The average molecular weight is 295 g/mol. The topological polar surface area (TPSA) is 64.1 Å². The number of alkyl halides is 1. The number of amides is 1. The lowest BCUT2D eigenvalue weighted by Gasteiger charge is -2.03. The number of anilines is 1. The molecule has 82 valence electrons. The molecular weight excluding hydrogens is 285 g/mol. The SMILES string of the molecule is O=C(COCCCl)Nc1ccc(Br)nn1. The number of rotatable bonds is 5. The van der Waals surface area contributed by atoms with E-state index in [2.05, 4.69) is 31.4 Å². The van der Waals surface area contributed by atoms with Crippen molar-refractivity contribution in [2.75, 3.05) is 24.4 Å². The maximum Gasteiger partial charge on any atom is 0.251 e. The van der Waals surface area contributed by atoms with E-state index in [1.807, 2.05) is 0 Å². The zero-order chi connectivity index (χ0) is 11.1. The van der Waals surface area contributed by atoms with Gasteiger partial charge in [0.05, 0.1) is 6.61 Å². The van der Waals surface area contributed by atoms with Crippen LogP contribution in [0.15, 0.2) is 16.7 Å². The molecule has 5 nitrogen and oxygen atoms in total. The first-order chi connectivity index (χ1) is 7.22. The largest absolute Gasteiger partial charge is 0.370 e. The molecule has 0 bridgehead atoms. The predicted molar refractivity (Wildman–Crippen MR) is 59.9 cm³/mol. The Kier molecular flexibility index (Phi) is 5.52. The second-order valence-corrected chi connectivity index (χ2v) is 3.72. The quantitative estimate of drug-likeness (QED) is 0.659. The van der Waals surface area contributed by atoms with Crippen molar-refractivity contribution in [1.29, 1.82) is 0 Å². The van der Waals surface area contributed by atoms with Gasteiger partial charge < -0.3 is 10.1 Å². The van der Waals surface area contributed by atoms with Crippen LogP contribution in [-0.2, 0) is 9.53 Å². The van der Waals surface area contributed by atoms with Gasteiger partial charge in [-0.25, -0.2) is 0 Å². The van der Waals surface area contributed by atoms with Crippen LogP contribution in [0.25, 0.3) is 0 Å². The van der Waals surface area contributed by atoms with Crippen molar-refractivity contribution in [3.63, 3.8) is 0 Å². The molecule has 15 heavy (non-hydrogen) atoms. The van der Waals surface area contributed by atoms with Crippen LogP contribution in [0, 0.1) is 0 Å². The number of nitrogens with one attached hydrogen (secondary N) is 1. The molecule has 0 aliphatic rings. The number of hydrogen-bond acceptors (Lipinski definition) is 4. The molecule has 0 saturated heterocycles. The van der Waals surface area contributed by atoms with Gasteiger partial charge >= 0.3 is 0 Å². The summed E-state index contributed by atoms with van der Waals surface area (Å²) in [5.74, 6) is 0.472. The molecule has 1 aromatic rings. The highest BCUT2D eigenvalue weighted by Crippen LogP contribution is 2.06. The van der Waals surface area contributed by atoms with Crippen molar-refractivity contribution in [2.24, 2.45) is 0 Å². The Morgan fingerprint density at radius 3 is 2.93 bits per heavy atom. The third-order valence-corrected chi connectivity index (χ3v) is 1.93. The highest BCUT2D eigenvalue weighted by molar-refractivity contribution is 9.10. The second-order valence-electron chi connectivity index (χ2n) is 2.53. The number of ether oxygens (including phenoxy) is 1.